The number of aliphatic hydroxyl groups is 1. The van der Waals surface area contributed by atoms with Gasteiger partial charge in [0.2, 0.25) is 0 Å². The Morgan fingerprint density at radius 1 is 1.29 bits per heavy atom. The standard InChI is InChI=1S/C13H21FN2O/c1-3-15-12(10-17)9-16(4-2)13-7-5-11(14)6-8-13/h5-8,12,15,17H,3-4,9-10H2,1-2H3. The number of likely N-dealkylation sites (N-methyl/N-ethyl adjacent to an activating group) is 2. The van der Waals surface area contributed by atoms with Crippen molar-refractivity contribution in [2.75, 3.05) is 31.1 Å². The van der Waals surface area contributed by atoms with Crippen molar-refractivity contribution in [3.05, 3.63) is 30.1 Å². The minimum Gasteiger partial charge on any atom is -0.395 e. The van der Waals surface area contributed by atoms with Gasteiger partial charge in [-0.25, -0.2) is 4.39 Å². The number of nitrogens with zero attached hydrogens (tertiary/aromatic N) is 1. The van der Waals surface area contributed by atoms with Crippen molar-refractivity contribution in [2.24, 2.45) is 0 Å². The molecule has 1 atom stereocenters. The Balaban J connectivity index is 2.67. The maximum atomic E-state index is 12.8. The molecule has 0 radical (unpaired) electrons. The third-order valence-electron chi connectivity index (χ3n) is 2.73. The van der Waals surface area contributed by atoms with Crippen molar-refractivity contribution in [1.29, 1.82) is 0 Å². The summed E-state index contributed by atoms with van der Waals surface area (Å²) in [5.41, 5.74) is 0.977. The van der Waals surface area contributed by atoms with Crippen LogP contribution in [-0.2, 0) is 0 Å². The van der Waals surface area contributed by atoms with E-state index in [0.717, 1.165) is 18.8 Å². The first kappa shape index (κ1) is 13.9. The van der Waals surface area contributed by atoms with Gasteiger partial charge in [-0.2, -0.15) is 0 Å². The van der Waals surface area contributed by atoms with Crippen molar-refractivity contribution >= 4 is 5.69 Å². The van der Waals surface area contributed by atoms with Crippen molar-refractivity contribution in [3.63, 3.8) is 0 Å². The summed E-state index contributed by atoms with van der Waals surface area (Å²) in [7, 11) is 0. The predicted molar refractivity (Wildman–Crippen MR) is 68.8 cm³/mol. The molecule has 1 unspecified atom stereocenters. The third kappa shape index (κ3) is 4.32. The van der Waals surface area contributed by atoms with Gasteiger partial charge in [-0.3, -0.25) is 0 Å². The maximum Gasteiger partial charge on any atom is 0.123 e. The predicted octanol–water partition coefficient (Wildman–Crippen LogP) is 1.62. The molecule has 0 fully saturated rings. The van der Waals surface area contributed by atoms with E-state index >= 15 is 0 Å². The topological polar surface area (TPSA) is 35.5 Å². The third-order valence-corrected chi connectivity index (χ3v) is 2.73. The quantitative estimate of drug-likeness (QED) is 0.760. The lowest BCUT2D eigenvalue weighted by Gasteiger charge is -2.27. The van der Waals surface area contributed by atoms with Gasteiger partial charge in [0.15, 0.2) is 0 Å². The molecule has 96 valence electrons. The normalized spacial score (nSPS) is 12.5. The molecule has 0 aromatic heterocycles. The number of hydrogen-bond donors (Lipinski definition) is 2. The minimum atomic E-state index is -0.227. The van der Waals surface area contributed by atoms with E-state index in [-0.39, 0.29) is 18.5 Å². The van der Waals surface area contributed by atoms with Gasteiger partial charge in [-0.15, -0.1) is 0 Å². The first-order valence-electron chi connectivity index (χ1n) is 6.06. The highest BCUT2D eigenvalue weighted by Crippen LogP contribution is 2.14. The van der Waals surface area contributed by atoms with Crippen molar-refractivity contribution in [1.82, 2.24) is 5.32 Å². The van der Waals surface area contributed by atoms with Crippen LogP contribution in [0.3, 0.4) is 0 Å². The molecule has 0 saturated heterocycles. The van der Waals surface area contributed by atoms with Gasteiger partial charge in [-0.1, -0.05) is 6.92 Å². The Morgan fingerprint density at radius 2 is 1.94 bits per heavy atom. The number of hydrogen-bond acceptors (Lipinski definition) is 3. The largest absolute Gasteiger partial charge is 0.395 e. The summed E-state index contributed by atoms with van der Waals surface area (Å²) in [4.78, 5) is 2.11. The van der Waals surface area contributed by atoms with E-state index in [1.807, 2.05) is 13.8 Å². The lowest BCUT2D eigenvalue weighted by atomic mass is 10.2. The molecule has 2 N–H and O–H groups in total. The molecule has 1 rings (SSSR count). The molecule has 0 aliphatic rings. The molecule has 0 saturated carbocycles. The first-order chi connectivity index (χ1) is 8.21. The van der Waals surface area contributed by atoms with E-state index < -0.39 is 0 Å². The molecular formula is C13H21FN2O. The zero-order valence-corrected chi connectivity index (χ0v) is 10.5. The smallest absolute Gasteiger partial charge is 0.123 e. The van der Waals surface area contributed by atoms with Gasteiger partial charge >= 0.3 is 0 Å². The van der Waals surface area contributed by atoms with Crippen LogP contribution in [0.2, 0.25) is 0 Å². The zero-order chi connectivity index (χ0) is 12.7. The molecule has 3 nitrogen and oxygen atoms in total. The lowest BCUT2D eigenvalue weighted by molar-refractivity contribution is 0.245. The first-order valence-corrected chi connectivity index (χ1v) is 6.06. The molecule has 0 amide bonds. The van der Waals surface area contributed by atoms with Crippen LogP contribution in [0.1, 0.15) is 13.8 Å². The van der Waals surface area contributed by atoms with E-state index in [9.17, 15) is 9.50 Å². The summed E-state index contributed by atoms with van der Waals surface area (Å²) in [6.45, 7) is 6.53. The average Bonchev–Trinajstić information content (AvgIpc) is 2.36. The lowest BCUT2D eigenvalue weighted by Crippen LogP contribution is -2.43. The van der Waals surface area contributed by atoms with Gasteiger partial charge < -0.3 is 15.3 Å². The molecule has 0 bridgehead atoms. The molecular weight excluding hydrogens is 219 g/mol. The van der Waals surface area contributed by atoms with Crippen molar-refractivity contribution < 1.29 is 9.50 Å². The van der Waals surface area contributed by atoms with Gasteiger partial charge in [0, 0.05) is 24.8 Å². The Kier molecular flexibility index (Phi) is 5.94. The van der Waals surface area contributed by atoms with Gasteiger partial charge in [-0.05, 0) is 37.7 Å². The summed E-state index contributed by atoms with van der Waals surface area (Å²) >= 11 is 0. The van der Waals surface area contributed by atoms with Crippen LogP contribution in [0, 0.1) is 5.82 Å². The fourth-order valence-electron chi connectivity index (χ4n) is 1.81. The van der Waals surface area contributed by atoms with Gasteiger partial charge in [0.25, 0.3) is 0 Å². The van der Waals surface area contributed by atoms with Gasteiger partial charge in [0.05, 0.1) is 6.61 Å². The van der Waals surface area contributed by atoms with E-state index in [1.165, 1.54) is 12.1 Å². The highest BCUT2D eigenvalue weighted by molar-refractivity contribution is 5.46. The fourth-order valence-corrected chi connectivity index (χ4v) is 1.81. The number of halogens is 1. The van der Waals surface area contributed by atoms with Crippen LogP contribution in [0.5, 0.6) is 0 Å². The SMILES string of the molecule is CCNC(CO)CN(CC)c1ccc(F)cc1. The number of nitrogens with one attached hydrogen (secondary N) is 1. The highest BCUT2D eigenvalue weighted by Gasteiger charge is 2.11. The summed E-state index contributed by atoms with van der Waals surface area (Å²) in [6, 6.07) is 6.49. The van der Waals surface area contributed by atoms with Crippen LogP contribution < -0.4 is 10.2 Å². The Hall–Kier alpha value is -1.13. The highest BCUT2D eigenvalue weighted by atomic mass is 19.1. The van der Waals surface area contributed by atoms with Crippen LogP contribution in [0.4, 0.5) is 10.1 Å². The number of benzene rings is 1. The fraction of sp³-hybridized carbons (Fsp3) is 0.538. The molecule has 17 heavy (non-hydrogen) atoms. The van der Waals surface area contributed by atoms with Crippen LogP contribution >= 0.6 is 0 Å². The number of aliphatic hydroxyl groups excluding tert-OH is 1. The van der Waals surface area contributed by atoms with Crippen LogP contribution in [-0.4, -0.2) is 37.4 Å². The Morgan fingerprint density at radius 3 is 2.41 bits per heavy atom. The zero-order valence-electron chi connectivity index (χ0n) is 10.5. The number of anilines is 1. The summed E-state index contributed by atoms with van der Waals surface area (Å²) < 4.78 is 12.8. The van der Waals surface area contributed by atoms with Crippen LogP contribution in [0.15, 0.2) is 24.3 Å². The summed E-state index contributed by atoms with van der Waals surface area (Å²) in [5, 5.41) is 12.5. The Labute approximate surface area is 102 Å². The van der Waals surface area contributed by atoms with E-state index in [4.69, 9.17) is 0 Å². The Bertz CT molecular complexity index is 316. The molecule has 4 heteroatoms. The van der Waals surface area contributed by atoms with Crippen molar-refractivity contribution in [3.8, 4) is 0 Å². The van der Waals surface area contributed by atoms with E-state index in [2.05, 4.69) is 10.2 Å². The van der Waals surface area contributed by atoms with E-state index in [0.29, 0.717) is 6.54 Å². The summed E-state index contributed by atoms with van der Waals surface area (Å²) in [5.74, 6) is -0.227. The van der Waals surface area contributed by atoms with Crippen molar-refractivity contribution in [2.45, 2.75) is 19.9 Å². The number of rotatable bonds is 7. The minimum absolute atomic E-state index is 0.0463. The molecule has 1 aromatic carbocycles. The average molecular weight is 240 g/mol. The monoisotopic (exact) mass is 240 g/mol. The molecule has 0 spiro atoms. The maximum absolute atomic E-state index is 12.8. The molecule has 0 heterocycles. The second kappa shape index (κ2) is 7.25. The molecule has 0 aliphatic heterocycles. The summed E-state index contributed by atoms with van der Waals surface area (Å²) in [6.07, 6.45) is 0. The molecule has 0 aliphatic carbocycles. The second-order valence-corrected chi connectivity index (χ2v) is 3.95. The van der Waals surface area contributed by atoms with E-state index in [1.54, 1.807) is 12.1 Å². The molecule has 1 aromatic rings. The second-order valence-electron chi connectivity index (χ2n) is 3.95. The van der Waals surface area contributed by atoms with Crippen LogP contribution in [0.25, 0.3) is 0 Å². The van der Waals surface area contributed by atoms with Gasteiger partial charge in [0.1, 0.15) is 5.82 Å².